The maximum absolute atomic E-state index is 12.4. The van der Waals surface area contributed by atoms with Crippen LogP contribution < -0.4 is 10.6 Å². The molecule has 0 aliphatic heterocycles. The fourth-order valence-corrected chi connectivity index (χ4v) is 3.92. The van der Waals surface area contributed by atoms with Gasteiger partial charge in [0.15, 0.2) is 0 Å². The number of hydrogen-bond acceptors (Lipinski definition) is 3. The molecule has 0 radical (unpaired) electrons. The van der Waals surface area contributed by atoms with E-state index in [9.17, 15) is 9.59 Å². The highest BCUT2D eigenvalue weighted by molar-refractivity contribution is 5.93. The molecule has 0 saturated heterocycles. The van der Waals surface area contributed by atoms with Crippen molar-refractivity contribution in [3.63, 3.8) is 0 Å². The smallest absolute Gasteiger partial charge is 0.227 e. The maximum Gasteiger partial charge on any atom is 0.227 e. The monoisotopic (exact) mass is 339 g/mol. The van der Waals surface area contributed by atoms with Crippen molar-refractivity contribution in [1.82, 2.24) is 5.32 Å². The highest BCUT2D eigenvalue weighted by atomic mass is 16.2. The van der Waals surface area contributed by atoms with Gasteiger partial charge in [0, 0.05) is 23.6 Å². The third-order valence-electron chi connectivity index (χ3n) is 5.43. The molecule has 2 aliphatic carbocycles. The Balaban J connectivity index is 1.47. The minimum Gasteiger partial charge on any atom is -0.353 e. The van der Waals surface area contributed by atoms with Crippen LogP contribution in [-0.4, -0.2) is 17.9 Å². The zero-order valence-corrected chi connectivity index (χ0v) is 14.5. The third-order valence-corrected chi connectivity index (χ3v) is 5.43. The molecule has 1 aromatic carbocycles. The van der Waals surface area contributed by atoms with E-state index in [0.717, 1.165) is 38.5 Å². The SMILES string of the molecule is N#Cc1cccc(NC(=O)C2CCC(C(=O)NC3CCCC3)CC2)c1. The summed E-state index contributed by atoms with van der Waals surface area (Å²) in [6.07, 6.45) is 7.66. The van der Waals surface area contributed by atoms with Crippen LogP contribution in [0.15, 0.2) is 24.3 Å². The topological polar surface area (TPSA) is 82.0 Å². The Morgan fingerprint density at radius 3 is 2.24 bits per heavy atom. The normalized spacial score (nSPS) is 23.6. The summed E-state index contributed by atoms with van der Waals surface area (Å²) in [7, 11) is 0. The van der Waals surface area contributed by atoms with Crippen molar-refractivity contribution in [3.8, 4) is 6.07 Å². The van der Waals surface area contributed by atoms with Crippen molar-refractivity contribution in [2.45, 2.75) is 57.4 Å². The number of nitrogens with one attached hydrogen (secondary N) is 2. The molecule has 3 rings (SSSR count). The summed E-state index contributed by atoms with van der Waals surface area (Å²) < 4.78 is 0. The van der Waals surface area contributed by atoms with E-state index in [1.165, 1.54) is 12.8 Å². The lowest BCUT2D eigenvalue weighted by Gasteiger charge is -2.28. The highest BCUT2D eigenvalue weighted by Crippen LogP contribution is 2.30. The van der Waals surface area contributed by atoms with Gasteiger partial charge in [-0.15, -0.1) is 0 Å². The number of benzene rings is 1. The number of carbonyl (C=O) groups is 2. The molecule has 0 heterocycles. The van der Waals surface area contributed by atoms with Crippen LogP contribution in [0.5, 0.6) is 0 Å². The van der Waals surface area contributed by atoms with E-state index in [-0.39, 0.29) is 23.7 Å². The average Bonchev–Trinajstić information content (AvgIpc) is 3.15. The van der Waals surface area contributed by atoms with Gasteiger partial charge < -0.3 is 10.6 Å². The first-order valence-electron chi connectivity index (χ1n) is 9.27. The van der Waals surface area contributed by atoms with Crippen molar-refractivity contribution in [2.24, 2.45) is 11.8 Å². The Morgan fingerprint density at radius 1 is 0.960 bits per heavy atom. The van der Waals surface area contributed by atoms with Gasteiger partial charge >= 0.3 is 0 Å². The highest BCUT2D eigenvalue weighted by Gasteiger charge is 2.31. The number of anilines is 1. The number of amides is 2. The van der Waals surface area contributed by atoms with Gasteiger partial charge in [-0.25, -0.2) is 0 Å². The van der Waals surface area contributed by atoms with Gasteiger partial charge in [0.05, 0.1) is 11.6 Å². The molecule has 2 aliphatic rings. The summed E-state index contributed by atoms with van der Waals surface area (Å²) in [5.41, 5.74) is 1.19. The van der Waals surface area contributed by atoms with Crippen LogP contribution in [0.3, 0.4) is 0 Å². The summed E-state index contributed by atoms with van der Waals surface area (Å²) >= 11 is 0. The number of nitrogens with zero attached hydrogens (tertiary/aromatic N) is 1. The Morgan fingerprint density at radius 2 is 1.60 bits per heavy atom. The number of hydrogen-bond donors (Lipinski definition) is 2. The minimum absolute atomic E-state index is 0.00950. The van der Waals surface area contributed by atoms with Gasteiger partial charge in [0.1, 0.15) is 0 Å². The lowest BCUT2D eigenvalue weighted by atomic mass is 9.81. The molecule has 0 spiro atoms. The minimum atomic E-state index is -0.0544. The van der Waals surface area contributed by atoms with Gasteiger partial charge in [-0.05, 0) is 56.7 Å². The van der Waals surface area contributed by atoms with E-state index in [1.807, 2.05) is 0 Å². The predicted octanol–water partition coefficient (Wildman–Crippen LogP) is 3.36. The first kappa shape index (κ1) is 17.5. The quantitative estimate of drug-likeness (QED) is 0.882. The molecule has 0 atom stereocenters. The van der Waals surface area contributed by atoms with Gasteiger partial charge in [-0.2, -0.15) is 5.26 Å². The van der Waals surface area contributed by atoms with E-state index in [2.05, 4.69) is 16.7 Å². The Hall–Kier alpha value is -2.35. The molecule has 0 unspecified atom stereocenters. The Kier molecular flexibility index (Phi) is 5.70. The maximum atomic E-state index is 12.4. The molecule has 2 saturated carbocycles. The van der Waals surface area contributed by atoms with Crippen molar-refractivity contribution < 1.29 is 9.59 Å². The second-order valence-corrected chi connectivity index (χ2v) is 7.22. The van der Waals surface area contributed by atoms with Crippen molar-refractivity contribution >= 4 is 17.5 Å². The predicted molar refractivity (Wildman–Crippen MR) is 95.6 cm³/mol. The second-order valence-electron chi connectivity index (χ2n) is 7.22. The number of rotatable bonds is 4. The molecule has 5 nitrogen and oxygen atoms in total. The molecule has 2 N–H and O–H groups in total. The standard InChI is InChI=1S/C20H25N3O2/c21-13-14-4-3-7-18(12-14)23-20(25)16-10-8-15(9-11-16)19(24)22-17-5-1-2-6-17/h3-4,7,12,15-17H,1-2,5-6,8-11H2,(H,22,24)(H,23,25). The van der Waals surface area contributed by atoms with E-state index in [1.54, 1.807) is 24.3 Å². The first-order chi connectivity index (χ1) is 12.2. The molecule has 5 heteroatoms. The molecular formula is C20H25N3O2. The van der Waals surface area contributed by atoms with Crippen molar-refractivity contribution in [3.05, 3.63) is 29.8 Å². The summed E-state index contributed by atoms with van der Waals surface area (Å²) in [6.45, 7) is 0. The summed E-state index contributed by atoms with van der Waals surface area (Å²) in [4.78, 5) is 24.8. The molecule has 0 aromatic heterocycles. The van der Waals surface area contributed by atoms with Gasteiger partial charge in [-0.1, -0.05) is 18.9 Å². The average molecular weight is 339 g/mol. The first-order valence-corrected chi connectivity index (χ1v) is 9.27. The lowest BCUT2D eigenvalue weighted by molar-refractivity contribution is -0.129. The van der Waals surface area contributed by atoms with Crippen LogP contribution in [0.2, 0.25) is 0 Å². The van der Waals surface area contributed by atoms with E-state index in [0.29, 0.717) is 17.3 Å². The zero-order chi connectivity index (χ0) is 17.6. The molecule has 1 aromatic rings. The van der Waals surface area contributed by atoms with Crippen LogP contribution in [-0.2, 0) is 9.59 Å². The van der Waals surface area contributed by atoms with Crippen LogP contribution in [0, 0.1) is 23.2 Å². The number of nitriles is 1. The molecule has 132 valence electrons. The van der Waals surface area contributed by atoms with Crippen LogP contribution >= 0.6 is 0 Å². The van der Waals surface area contributed by atoms with Crippen molar-refractivity contribution in [1.29, 1.82) is 5.26 Å². The van der Waals surface area contributed by atoms with Crippen LogP contribution in [0.4, 0.5) is 5.69 Å². The van der Waals surface area contributed by atoms with Gasteiger partial charge in [-0.3, -0.25) is 9.59 Å². The molecule has 2 amide bonds. The Labute approximate surface area is 148 Å². The van der Waals surface area contributed by atoms with Gasteiger partial charge in [0.2, 0.25) is 11.8 Å². The second kappa shape index (κ2) is 8.15. The van der Waals surface area contributed by atoms with E-state index in [4.69, 9.17) is 5.26 Å². The summed E-state index contributed by atoms with van der Waals surface area (Å²) in [5.74, 6) is 0.157. The fraction of sp³-hybridized carbons (Fsp3) is 0.550. The van der Waals surface area contributed by atoms with Crippen LogP contribution in [0.1, 0.15) is 56.9 Å². The number of carbonyl (C=O) groups excluding carboxylic acids is 2. The summed E-state index contributed by atoms with van der Waals surface area (Å²) in [5, 5.41) is 15.0. The van der Waals surface area contributed by atoms with E-state index >= 15 is 0 Å². The van der Waals surface area contributed by atoms with Gasteiger partial charge in [0.25, 0.3) is 0 Å². The zero-order valence-electron chi connectivity index (χ0n) is 14.5. The molecular weight excluding hydrogens is 314 g/mol. The van der Waals surface area contributed by atoms with Crippen LogP contribution in [0.25, 0.3) is 0 Å². The lowest BCUT2D eigenvalue weighted by Crippen LogP contribution is -2.39. The van der Waals surface area contributed by atoms with Crippen molar-refractivity contribution in [2.75, 3.05) is 5.32 Å². The molecule has 0 bridgehead atoms. The fourth-order valence-electron chi connectivity index (χ4n) is 3.92. The molecule has 2 fully saturated rings. The Bertz CT molecular complexity index is 666. The molecule has 25 heavy (non-hydrogen) atoms. The van der Waals surface area contributed by atoms with E-state index < -0.39 is 0 Å². The third kappa shape index (κ3) is 4.60. The summed E-state index contributed by atoms with van der Waals surface area (Å²) in [6, 6.07) is 9.38. The largest absolute Gasteiger partial charge is 0.353 e.